The van der Waals surface area contributed by atoms with Crippen LogP contribution < -0.4 is 4.90 Å². The first-order chi connectivity index (χ1) is 5.29. The largest absolute Gasteiger partial charge is 0.370 e. The highest BCUT2D eigenvalue weighted by Crippen LogP contribution is 2.28. The highest BCUT2D eigenvalue weighted by atomic mass is 15.2. The monoisotopic (exact) mass is 148 g/mol. The van der Waals surface area contributed by atoms with Gasteiger partial charge in [-0.15, -0.1) is 0 Å². The molecule has 0 fully saturated rings. The third-order valence-electron chi connectivity index (χ3n) is 2.44. The second-order valence-electron chi connectivity index (χ2n) is 3.17. The van der Waals surface area contributed by atoms with Crippen molar-refractivity contribution < 1.29 is 0 Å². The van der Waals surface area contributed by atoms with E-state index in [9.17, 15) is 0 Å². The zero-order chi connectivity index (χ0) is 7.84. The third-order valence-corrected chi connectivity index (χ3v) is 2.44. The van der Waals surface area contributed by atoms with E-state index >= 15 is 0 Å². The number of nitrogens with zero attached hydrogens (tertiary/aromatic N) is 2. The first-order valence-electron chi connectivity index (χ1n) is 3.95. The summed E-state index contributed by atoms with van der Waals surface area (Å²) in [4.78, 5) is 6.38. The molecule has 0 spiro atoms. The molecule has 1 atom stereocenters. The molecule has 2 heterocycles. The molecule has 0 saturated heterocycles. The number of fused-ring (bicyclic) bond motifs is 1. The maximum absolute atomic E-state index is 4.10. The van der Waals surface area contributed by atoms with Crippen molar-refractivity contribution in [1.29, 1.82) is 0 Å². The van der Waals surface area contributed by atoms with Crippen molar-refractivity contribution in [3.63, 3.8) is 0 Å². The summed E-state index contributed by atoms with van der Waals surface area (Å²) in [5.74, 6) is 0. The minimum atomic E-state index is 0.634. The number of pyridine rings is 1. The standard InChI is InChI=1S/C9H12N2/c1-7-5-8-3-4-10-6-9(8)11(7)2/h3-4,6-7H,5H2,1-2H3. The Balaban J connectivity index is 2.47. The molecule has 0 aliphatic carbocycles. The summed E-state index contributed by atoms with van der Waals surface area (Å²) < 4.78 is 0. The molecule has 1 aromatic heterocycles. The minimum absolute atomic E-state index is 0.634. The van der Waals surface area contributed by atoms with Crippen LogP contribution in [-0.4, -0.2) is 18.1 Å². The maximum Gasteiger partial charge on any atom is 0.0585 e. The van der Waals surface area contributed by atoms with Crippen LogP contribution in [0.4, 0.5) is 5.69 Å². The quantitative estimate of drug-likeness (QED) is 0.553. The van der Waals surface area contributed by atoms with Crippen molar-refractivity contribution in [3.8, 4) is 0 Å². The molecule has 1 unspecified atom stereocenters. The first-order valence-corrected chi connectivity index (χ1v) is 3.95. The summed E-state index contributed by atoms with van der Waals surface area (Å²) in [7, 11) is 2.12. The Kier molecular flexibility index (Phi) is 1.34. The highest BCUT2D eigenvalue weighted by molar-refractivity contribution is 5.56. The SMILES string of the molecule is CC1Cc2ccncc2N1C. The second kappa shape index (κ2) is 2.22. The average Bonchev–Trinajstić information content (AvgIpc) is 2.30. The number of likely N-dealkylation sites (N-methyl/N-ethyl adjacent to an activating group) is 1. The molecule has 2 nitrogen and oxygen atoms in total. The van der Waals surface area contributed by atoms with Crippen LogP contribution >= 0.6 is 0 Å². The zero-order valence-corrected chi connectivity index (χ0v) is 6.91. The predicted molar refractivity (Wildman–Crippen MR) is 45.8 cm³/mol. The van der Waals surface area contributed by atoms with Crippen molar-refractivity contribution in [2.24, 2.45) is 0 Å². The maximum atomic E-state index is 4.10. The second-order valence-corrected chi connectivity index (χ2v) is 3.17. The van der Waals surface area contributed by atoms with E-state index < -0.39 is 0 Å². The zero-order valence-electron chi connectivity index (χ0n) is 6.91. The summed E-state index contributed by atoms with van der Waals surface area (Å²) in [6, 6.07) is 2.74. The average molecular weight is 148 g/mol. The molecule has 0 bridgehead atoms. The lowest BCUT2D eigenvalue weighted by Gasteiger charge is -2.17. The van der Waals surface area contributed by atoms with Crippen molar-refractivity contribution in [1.82, 2.24) is 4.98 Å². The molecule has 1 aliphatic heterocycles. The van der Waals surface area contributed by atoms with Gasteiger partial charge in [0.25, 0.3) is 0 Å². The van der Waals surface area contributed by atoms with Gasteiger partial charge in [0.15, 0.2) is 0 Å². The Labute approximate surface area is 66.9 Å². The lowest BCUT2D eigenvalue weighted by atomic mass is 10.2. The highest BCUT2D eigenvalue weighted by Gasteiger charge is 2.21. The predicted octanol–water partition coefficient (Wildman–Crippen LogP) is 1.46. The van der Waals surface area contributed by atoms with Gasteiger partial charge < -0.3 is 4.90 Å². The molecule has 2 rings (SSSR count). The molecule has 1 aromatic rings. The van der Waals surface area contributed by atoms with Gasteiger partial charge in [0, 0.05) is 19.3 Å². The van der Waals surface area contributed by atoms with Gasteiger partial charge in [-0.25, -0.2) is 0 Å². The Bertz CT molecular complexity index is 270. The van der Waals surface area contributed by atoms with Crippen LogP contribution in [0.25, 0.3) is 0 Å². The molecular formula is C9H12N2. The van der Waals surface area contributed by atoms with E-state index in [0.717, 1.165) is 6.42 Å². The van der Waals surface area contributed by atoms with E-state index in [0.29, 0.717) is 6.04 Å². The Morgan fingerprint density at radius 2 is 2.45 bits per heavy atom. The lowest BCUT2D eigenvalue weighted by Crippen LogP contribution is -2.23. The number of anilines is 1. The summed E-state index contributed by atoms with van der Waals surface area (Å²) >= 11 is 0. The van der Waals surface area contributed by atoms with Crippen LogP contribution in [0.2, 0.25) is 0 Å². The first kappa shape index (κ1) is 6.65. The van der Waals surface area contributed by atoms with Crippen LogP contribution in [0, 0.1) is 0 Å². The van der Waals surface area contributed by atoms with Crippen LogP contribution in [0.5, 0.6) is 0 Å². The number of hydrogen-bond donors (Lipinski definition) is 0. The topological polar surface area (TPSA) is 16.1 Å². The van der Waals surface area contributed by atoms with Crippen molar-refractivity contribution in [2.75, 3.05) is 11.9 Å². The summed E-state index contributed by atoms with van der Waals surface area (Å²) in [5, 5.41) is 0. The molecule has 0 amide bonds. The number of rotatable bonds is 0. The fraction of sp³-hybridized carbons (Fsp3) is 0.444. The van der Waals surface area contributed by atoms with Gasteiger partial charge in [-0.05, 0) is 25.0 Å². The van der Waals surface area contributed by atoms with Crippen LogP contribution in [0.1, 0.15) is 12.5 Å². The van der Waals surface area contributed by atoms with Gasteiger partial charge >= 0.3 is 0 Å². The summed E-state index contributed by atoms with van der Waals surface area (Å²) in [5.41, 5.74) is 2.72. The molecule has 11 heavy (non-hydrogen) atoms. The van der Waals surface area contributed by atoms with Crippen molar-refractivity contribution in [3.05, 3.63) is 24.0 Å². The smallest absolute Gasteiger partial charge is 0.0585 e. The molecule has 2 heteroatoms. The molecular weight excluding hydrogens is 136 g/mol. The number of hydrogen-bond acceptors (Lipinski definition) is 2. The summed E-state index contributed by atoms with van der Waals surface area (Å²) in [6.45, 7) is 2.24. The Hall–Kier alpha value is -1.05. The molecule has 1 aliphatic rings. The molecule has 58 valence electrons. The molecule has 0 radical (unpaired) electrons. The van der Waals surface area contributed by atoms with Gasteiger partial charge in [-0.2, -0.15) is 0 Å². The van der Waals surface area contributed by atoms with Crippen LogP contribution in [0.3, 0.4) is 0 Å². The van der Waals surface area contributed by atoms with E-state index in [1.54, 1.807) is 0 Å². The van der Waals surface area contributed by atoms with E-state index in [1.807, 2.05) is 12.4 Å². The molecule has 0 N–H and O–H groups in total. The Morgan fingerprint density at radius 1 is 1.64 bits per heavy atom. The van der Waals surface area contributed by atoms with Crippen LogP contribution in [0.15, 0.2) is 18.5 Å². The van der Waals surface area contributed by atoms with Gasteiger partial charge in [0.1, 0.15) is 0 Å². The van der Waals surface area contributed by atoms with Gasteiger partial charge in [-0.3, -0.25) is 4.98 Å². The van der Waals surface area contributed by atoms with Gasteiger partial charge in [0.2, 0.25) is 0 Å². The van der Waals surface area contributed by atoms with E-state index in [-0.39, 0.29) is 0 Å². The molecule has 0 saturated carbocycles. The van der Waals surface area contributed by atoms with Gasteiger partial charge in [0.05, 0.1) is 11.9 Å². The number of aromatic nitrogens is 1. The van der Waals surface area contributed by atoms with Crippen molar-refractivity contribution >= 4 is 5.69 Å². The van der Waals surface area contributed by atoms with Gasteiger partial charge in [-0.1, -0.05) is 0 Å². The lowest BCUT2D eigenvalue weighted by molar-refractivity contribution is 0.732. The third kappa shape index (κ3) is 0.897. The Morgan fingerprint density at radius 3 is 3.18 bits per heavy atom. The normalized spacial score (nSPS) is 22.0. The van der Waals surface area contributed by atoms with E-state index in [4.69, 9.17) is 0 Å². The molecule has 0 aromatic carbocycles. The van der Waals surface area contributed by atoms with Crippen LogP contribution in [-0.2, 0) is 6.42 Å². The van der Waals surface area contributed by atoms with Crippen molar-refractivity contribution in [2.45, 2.75) is 19.4 Å². The fourth-order valence-corrected chi connectivity index (χ4v) is 1.60. The minimum Gasteiger partial charge on any atom is -0.370 e. The van der Waals surface area contributed by atoms with E-state index in [2.05, 4.69) is 29.9 Å². The summed E-state index contributed by atoms with van der Waals surface area (Å²) in [6.07, 6.45) is 4.97. The van der Waals surface area contributed by atoms with E-state index in [1.165, 1.54) is 11.3 Å². The fourth-order valence-electron chi connectivity index (χ4n) is 1.60.